The van der Waals surface area contributed by atoms with Gasteiger partial charge in [0.1, 0.15) is 0 Å². The molecule has 2 aliphatic rings. The van der Waals surface area contributed by atoms with Gasteiger partial charge >= 0.3 is 0 Å². The summed E-state index contributed by atoms with van der Waals surface area (Å²) in [6.07, 6.45) is 4.87. The molecule has 2 aliphatic carbocycles. The Hall–Kier alpha value is -3.42. The lowest BCUT2D eigenvalue weighted by Crippen LogP contribution is -2.28. The Kier molecular flexibility index (Phi) is 4.82. The minimum atomic E-state index is 0.292. The van der Waals surface area contributed by atoms with Crippen molar-refractivity contribution >= 4 is 33.1 Å². The molecule has 0 spiro atoms. The first kappa shape index (κ1) is 20.9. The first-order valence-corrected chi connectivity index (χ1v) is 13.5. The molecule has 0 radical (unpaired) electrons. The van der Waals surface area contributed by atoms with E-state index in [-0.39, 0.29) is 0 Å². The molecule has 4 aromatic carbocycles. The highest BCUT2D eigenvalue weighted by Crippen LogP contribution is 2.40. The molecule has 0 saturated heterocycles. The van der Waals surface area contributed by atoms with E-state index in [1.165, 1.54) is 64.5 Å². The third kappa shape index (κ3) is 3.33. The average Bonchev–Trinajstić information content (AvgIpc) is 3.33. The van der Waals surface area contributed by atoms with Crippen LogP contribution in [0.15, 0.2) is 91.0 Å². The van der Waals surface area contributed by atoms with E-state index in [1.807, 2.05) is 11.3 Å². The summed E-state index contributed by atoms with van der Waals surface area (Å²) in [4.78, 5) is 1.45. The van der Waals surface area contributed by atoms with Crippen LogP contribution in [-0.2, 0) is 6.42 Å². The molecule has 1 aromatic heterocycles. The quantitative estimate of drug-likeness (QED) is 0.257. The molecule has 35 heavy (non-hydrogen) atoms. The van der Waals surface area contributed by atoms with E-state index in [4.69, 9.17) is 0 Å². The van der Waals surface area contributed by atoms with E-state index >= 15 is 0 Å². The molecule has 2 atom stereocenters. The van der Waals surface area contributed by atoms with Crippen molar-refractivity contribution in [1.82, 2.24) is 0 Å². The maximum Gasteiger partial charge on any atom is 0.0382 e. The van der Waals surface area contributed by atoms with Gasteiger partial charge in [-0.2, -0.15) is 0 Å². The van der Waals surface area contributed by atoms with Gasteiger partial charge in [-0.1, -0.05) is 97.4 Å². The maximum atomic E-state index is 2.52. The van der Waals surface area contributed by atoms with Gasteiger partial charge in [0.25, 0.3) is 0 Å². The Morgan fingerprint density at radius 3 is 2.40 bits per heavy atom. The van der Waals surface area contributed by atoms with Gasteiger partial charge in [0.15, 0.2) is 0 Å². The molecular formula is C34H28S. The van der Waals surface area contributed by atoms with E-state index in [0.29, 0.717) is 11.8 Å². The van der Waals surface area contributed by atoms with E-state index in [2.05, 4.69) is 111 Å². The van der Waals surface area contributed by atoms with Crippen LogP contribution < -0.4 is 10.4 Å². The molecule has 0 fully saturated rings. The van der Waals surface area contributed by atoms with Crippen LogP contribution in [0.1, 0.15) is 46.4 Å². The van der Waals surface area contributed by atoms with Crippen LogP contribution in [0.4, 0.5) is 0 Å². The minimum Gasteiger partial charge on any atom is -0.139 e. The fraction of sp³-hybridized carbons (Fsp3) is 0.176. The molecule has 5 aromatic rings. The van der Waals surface area contributed by atoms with Gasteiger partial charge in [-0.05, 0) is 86.3 Å². The predicted octanol–water partition coefficient (Wildman–Crippen LogP) is 7.20. The molecule has 1 heterocycles. The third-order valence-electron chi connectivity index (χ3n) is 7.99. The van der Waals surface area contributed by atoms with Crippen LogP contribution in [-0.4, -0.2) is 0 Å². The van der Waals surface area contributed by atoms with Gasteiger partial charge in [0.2, 0.25) is 0 Å². The highest BCUT2D eigenvalue weighted by molar-refractivity contribution is 7.19. The van der Waals surface area contributed by atoms with E-state index in [9.17, 15) is 0 Å². The number of thiophene rings is 1. The van der Waals surface area contributed by atoms with Crippen LogP contribution in [0.5, 0.6) is 0 Å². The normalized spacial score (nSPS) is 18.5. The van der Waals surface area contributed by atoms with Crippen molar-refractivity contribution in [2.24, 2.45) is 5.92 Å². The minimum absolute atomic E-state index is 0.292. The highest BCUT2D eigenvalue weighted by atomic mass is 32.1. The molecule has 0 N–H and O–H groups in total. The van der Waals surface area contributed by atoms with E-state index < -0.39 is 0 Å². The van der Waals surface area contributed by atoms with Gasteiger partial charge in [-0.15, -0.1) is 11.3 Å². The number of hydrogen-bond donors (Lipinski definition) is 0. The highest BCUT2D eigenvalue weighted by Gasteiger charge is 2.27. The summed E-state index contributed by atoms with van der Waals surface area (Å²) in [5.74, 6) is 0.853. The molecule has 0 aliphatic heterocycles. The largest absolute Gasteiger partial charge is 0.139 e. The second kappa shape index (κ2) is 8.07. The van der Waals surface area contributed by atoms with Crippen LogP contribution in [0.2, 0.25) is 0 Å². The van der Waals surface area contributed by atoms with Crippen LogP contribution in [0.3, 0.4) is 0 Å². The zero-order valence-electron chi connectivity index (χ0n) is 20.2. The van der Waals surface area contributed by atoms with Crippen molar-refractivity contribution in [1.29, 1.82) is 0 Å². The molecule has 170 valence electrons. The topological polar surface area (TPSA) is 0 Å². The molecule has 1 heteroatoms. The second-order valence-corrected chi connectivity index (χ2v) is 11.3. The lowest BCUT2D eigenvalue weighted by Gasteiger charge is -2.28. The standard InChI is InChI=1S/C34H28S/c1-21-11-14-23(15-12-21)33-22(2)13-16-29-28(33)18-17-27-26-9-5-3-7-24(26)19-30(34(27)29)32-20-25-8-4-6-10-31(25)35-32/h3-12,14-15,17-20,22,30H,13,16H2,1-2H3. The van der Waals surface area contributed by atoms with Gasteiger partial charge in [-0.3, -0.25) is 0 Å². The molecule has 2 unspecified atom stereocenters. The number of benzene rings is 4. The number of fused-ring (bicyclic) bond motifs is 5. The van der Waals surface area contributed by atoms with Crippen molar-refractivity contribution in [2.75, 3.05) is 0 Å². The van der Waals surface area contributed by atoms with Gasteiger partial charge in [-0.25, -0.2) is 0 Å². The van der Waals surface area contributed by atoms with Crippen molar-refractivity contribution in [3.05, 3.63) is 139 Å². The molecule has 0 nitrogen and oxygen atoms in total. The Labute approximate surface area is 210 Å². The van der Waals surface area contributed by atoms with Crippen molar-refractivity contribution < 1.29 is 0 Å². The Bertz CT molecular complexity index is 1790. The monoisotopic (exact) mass is 468 g/mol. The first-order valence-electron chi connectivity index (χ1n) is 12.7. The number of hydrogen-bond acceptors (Lipinski definition) is 1. The molecule has 7 rings (SSSR count). The zero-order chi connectivity index (χ0) is 23.5. The number of rotatable bonds is 2. The SMILES string of the molecule is Cc1ccc(C2=c3ccc4c(c3CCC2C)C(c2cc3ccccc3s2)C=c2ccccc2=4)cc1. The summed E-state index contributed by atoms with van der Waals surface area (Å²) < 4.78 is 1.38. The molecule has 0 amide bonds. The molecular weight excluding hydrogens is 440 g/mol. The lowest BCUT2D eigenvalue weighted by molar-refractivity contribution is 0.637. The van der Waals surface area contributed by atoms with Crippen molar-refractivity contribution in [3.63, 3.8) is 0 Å². The first-order chi connectivity index (χ1) is 17.2. The summed E-state index contributed by atoms with van der Waals surface area (Å²) in [6.45, 7) is 4.58. The zero-order valence-corrected chi connectivity index (χ0v) is 21.0. The summed E-state index contributed by atoms with van der Waals surface area (Å²) in [5.41, 5.74) is 7.30. The fourth-order valence-corrected chi connectivity index (χ4v) is 7.39. The summed E-state index contributed by atoms with van der Waals surface area (Å²) in [6, 6.07) is 34.2. The molecule has 0 bridgehead atoms. The lowest BCUT2D eigenvalue weighted by atomic mass is 9.76. The molecule has 0 saturated carbocycles. The average molecular weight is 469 g/mol. The Morgan fingerprint density at radius 1 is 0.771 bits per heavy atom. The van der Waals surface area contributed by atoms with Gasteiger partial charge in [0.05, 0.1) is 0 Å². The van der Waals surface area contributed by atoms with Gasteiger partial charge in [0, 0.05) is 15.5 Å². The summed E-state index contributed by atoms with van der Waals surface area (Å²) in [7, 11) is 0. The van der Waals surface area contributed by atoms with Gasteiger partial charge < -0.3 is 0 Å². The summed E-state index contributed by atoms with van der Waals surface area (Å²) >= 11 is 1.95. The van der Waals surface area contributed by atoms with Crippen LogP contribution in [0, 0.1) is 23.3 Å². The Morgan fingerprint density at radius 2 is 1.54 bits per heavy atom. The third-order valence-corrected chi connectivity index (χ3v) is 9.19. The second-order valence-electron chi connectivity index (χ2n) is 10.2. The number of aryl methyl sites for hydroxylation is 1. The Balaban J connectivity index is 1.59. The van der Waals surface area contributed by atoms with Crippen molar-refractivity contribution in [3.8, 4) is 0 Å². The maximum absolute atomic E-state index is 2.52. The smallest absolute Gasteiger partial charge is 0.0382 e. The van der Waals surface area contributed by atoms with Crippen LogP contribution >= 0.6 is 11.3 Å². The van der Waals surface area contributed by atoms with E-state index in [0.717, 1.165) is 6.42 Å². The fourth-order valence-electron chi connectivity index (χ4n) is 6.25. The van der Waals surface area contributed by atoms with E-state index in [1.54, 1.807) is 5.56 Å². The van der Waals surface area contributed by atoms with Crippen molar-refractivity contribution in [2.45, 2.75) is 32.6 Å². The van der Waals surface area contributed by atoms with Crippen LogP contribution in [0.25, 0.3) is 21.7 Å². The summed E-state index contributed by atoms with van der Waals surface area (Å²) in [5, 5.41) is 6.96. The predicted molar refractivity (Wildman–Crippen MR) is 149 cm³/mol.